The van der Waals surface area contributed by atoms with E-state index in [1.165, 1.54) is 18.4 Å². The molecule has 0 bridgehead atoms. The average Bonchev–Trinajstić information content (AvgIpc) is 3.51. The van der Waals surface area contributed by atoms with Crippen molar-refractivity contribution in [1.29, 1.82) is 0 Å². The number of anilines is 1. The third-order valence-electron chi connectivity index (χ3n) is 4.97. The first-order valence-corrected chi connectivity index (χ1v) is 9.28. The van der Waals surface area contributed by atoms with E-state index in [0.717, 1.165) is 17.0 Å². The molecule has 2 aromatic carbocycles. The van der Waals surface area contributed by atoms with Crippen LogP contribution in [0.5, 0.6) is 5.75 Å². The fraction of sp³-hybridized carbons (Fsp3) is 0.333. The zero-order valence-corrected chi connectivity index (χ0v) is 15.2. The maximum atomic E-state index is 12.2. The minimum Gasteiger partial charge on any atom is -0.482 e. The number of hydrogen-bond acceptors (Lipinski definition) is 3. The lowest BCUT2D eigenvalue weighted by molar-refractivity contribution is -0.118. The van der Waals surface area contributed by atoms with Gasteiger partial charge in [0.25, 0.3) is 5.91 Å². The van der Waals surface area contributed by atoms with Crippen LogP contribution in [0.1, 0.15) is 48.4 Å². The summed E-state index contributed by atoms with van der Waals surface area (Å²) >= 11 is 0. The minimum absolute atomic E-state index is 0.0319. The van der Waals surface area contributed by atoms with Gasteiger partial charge in [-0.05, 0) is 54.5 Å². The summed E-state index contributed by atoms with van der Waals surface area (Å²) in [6.07, 6.45) is 2.58. The van der Waals surface area contributed by atoms with Crippen molar-refractivity contribution in [2.45, 2.75) is 38.3 Å². The van der Waals surface area contributed by atoms with E-state index < -0.39 is 0 Å². The number of fused-ring (bicyclic) bond motifs is 1. The minimum atomic E-state index is -0.230. The number of ether oxygens (including phenoxy) is 1. The summed E-state index contributed by atoms with van der Waals surface area (Å²) in [7, 11) is 0. The molecule has 6 nitrogen and oxygen atoms in total. The Hall–Kier alpha value is -3.02. The molecule has 3 N–H and O–H groups in total. The second-order valence-corrected chi connectivity index (χ2v) is 7.16. The molecule has 1 saturated carbocycles. The fourth-order valence-corrected chi connectivity index (χ4v) is 3.21. The Morgan fingerprint density at radius 1 is 1.22 bits per heavy atom. The van der Waals surface area contributed by atoms with Gasteiger partial charge in [-0.1, -0.05) is 30.3 Å². The molecule has 1 heterocycles. The van der Waals surface area contributed by atoms with E-state index in [4.69, 9.17) is 4.74 Å². The lowest BCUT2D eigenvalue weighted by Gasteiger charge is -2.21. The van der Waals surface area contributed by atoms with Crippen LogP contribution < -0.4 is 20.7 Å². The molecule has 2 aliphatic rings. The molecule has 1 unspecified atom stereocenters. The Morgan fingerprint density at radius 2 is 2.00 bits per heavy atom. The van der Waals surface area contributed by atoms with Crippen LogP contribution in [0, 0.1) is 0 Å². The van der Waals surface area contributed by atoms with Crippen LogP contribution in [0.4, 0.5) is 10.5 Å². The third kappa shape index (κ3) is 4.22. The smallest absolute Gasteiger partial charge is 0.315 e. The number of nitrogens with one attached hydrogen (secondary N) is 3. The van der Waals surface area contributed by atoms with Crippen molar-refractivity contribution < 1.29 is 14.3 Å². The average molecular weight is 365 g/mol. The quantitative estimate of drug-likeness (QED) is 0.759. The van der Waals surface area contributed by atoms with E-state index in [9.17, 15) is 9.59 Å². The van der Waals surface area contributed by atoms with Crippen LogP contribution in [0.25, 0.3) is 0 Å². The Balaban J connectivity index is 1.31. The molecule has 140 valence electrons. The molecule has 4 rings (SSSR count). The number of carbonyl (C=O) groups excluding carboxylic acids is 2. The van der Waals surface area contributed by atoms with Crippen LogP contribution in [-0.2, 0) is 11.3 Å². The summed E-state index contributed by atoms with van der Waals surface area (Å²) in [5.41, 5.74) is 3.99. The van der Waals surface area contributed by atoms with E-state index >= 15 is 0 Å². The van der Waals surface area contributed by atoms with Crippen molar-refractivity contribution in [3.63, 3.8) is 0 Å². The number of carbonyl (C=O) groups is 2. The number of benzene rings is 2. The standard InChI is InChI=1S/C21H23N3O3/c1-13(17-8-9-19-18(10-17)24-20(25)12-27-19)23-21(26)22-11-14-2-4-15(5-3-14)16-6-7-16/h2-5,8-10,13,16H,6-7,11-12H2,1H3,(H,24,25)(H2,22,23,26). The second kappa shape index (κ2) is 7.31. The molecule has 6 heteroatoms. The molecule has 0 radical (unpaired) electrons. The fourth-order valence-electron chi connectivity index (χ4n) is 3.21. The molecule has 3 amide bonds. The monoisotopic (exact) mass is 365 g/mol. The van der Waals surface area contributed by atoms with Gasteiger partial charge >= 0.3 is 6.03 Å². The van der Waals surface area contributed by atoms with Gasteiger partial charge in [-0.25, -0.2) is 4.79 Å². The van der Waals surface area contributed by atoms with Crippen LogP contribution in [-0.4, -0.2) is 18.5 Å². The lowest BCUT2D eigenvalue weighted by atomic mass is 10.1. The molecule has 1 atom stereocenters. The number of urea groups is 1. The van der Waals surface area contributed by atoms with Gasteiger partial charge in [0.1, 0.15) is 5.75 Å². The highest BCUT2D eigenvalue weighted by Crippen LogP contribution is 2.39. The molecule has 0 spiro atoms. The summed E-state index contributed by atoms with van der Waals surface area (Å²) in [5.74, 6) is 1.21. The number of hydrogen-bond donors (Lipinski definition) is 3. The van der Waals surface area contributed by atoms with Crippen LogP contribution in [0.3, 0.4) is 0 Å². The second-order valence-electron chi connectivity index (χ2n) is 7.16. The first-order chi connectivity index (χ1) is 13.1. The normalized spacial score (nSPS) is 16.6. The Kier molecular flexibility index (Phi) is 4.71. The van der Waals surface area contributed by atoms with Crippen molar-refractivity contribution in [2.24, 2.45) is 0 Å². The van der Waals surface area contributed by atoms with E-state index in [1.807, 2.05) is 25.1 Å². The molecular weight excluding hydrogens is 342 g/mol. The van der Waals surface area contributed by atoms with Crippen molar-refractivity contribution in [1.82, 2.24) is 10.6 Å². The maximum absolute atomic E-state index is 12.2. The van der Waals surface area contributed by atoms with Gasteiger partial charge in [0, 0.05) is 6.54 Å². The topological polar surface area (TPSA) is 79.5 Å². The zero-order chi connectivity index (χ0) is 18.8. The van der Waals surface area contributed by atoms with Gasteiger partial charge in [-0.3, -0.25) is 4.79 Å². The highest BCUT2D eigenvalue weighted by atomic mass is 16.5. The van der Waals surface area contributed by atoms with Crippen molar-refractivity contribution in [2.75, 3.05) is 11.9 Å². The van der Waals surface area contributed by atoms with Gasteiger partial charge in [0.15, 0.2) is 6.61 Å². The summed E-state index contributed by atoms with van der Waals surface area (Å²) < 4.78 is 5.35. The molecule has 0 aromatic heterocycles. The lowest BCUT2D eigenvalue weighted by Crippen LogP contribution is -2.36. The molecule has 27 heavy (non-hydrogen) atoms. The molecular formula is C21H23N3O3. The molecule has 1 aliphatic heterocycles. The van der Waals surface area contributed by atoms with Gasteiger partial charge in [0.05, 0.1) is 11.7 Å². The Morgan fingerprint density at radius 3 is 2.74 bits per heavy atom. The number of amides is 3. The van der Waals surface area contributed by atoms with Gasteiger partial charge in [-0.15, -0.1) is 0 Å². The van der Waals surface area contributed by atoms with Crippen LogP contribution in [0.15, 0.2) is 42.5 Å². The summed E-state index contributed by atoms with van der Waals surface area (Å²) in [6.45, 7) is 2.42. The summed E-state index contributed by atoms with van der Waals surface area (Å²) in [6, 6.07) is 13.5. The van der Waals surface area contributed by atoms with Crippen LogP contribution in [0.2, 0.25) is 0 Å². The predicted octanol–water partition coefficient (Wildman–Crippen LogP) is 3.46. The van der Waals surface area contributed by atoms with Crippen molar-refractivity contribution in [3.8, 4) is 5.75 Å². The molecule has 0 saturated heterocycles. The van der Waals surface area contributed by atoms with Crippen LogP contribution >= 0.6 is 0 Å². The summed E-state index contributed by atoms with van der Waals surface area (Å²) in [5, 5.41) is 8.59. The Bertz CT molecular complexity index is 859. The first kappa shape index (κ1) is 17.4. The molecule has 2 aromatic rings. The first-order valence-electron chi connectivity index (χ1n) is 9.28. The molecule has 1 fully saturated rings. The highest BCUT2D eigenvalue weighted by molar-refractivity contribution is 5.95. The van der Waals surface area contributed by atoms with Crippen molar-refractivity contribution in [3.05, 3.63) is 59.2 Å². The SMILES string of the molecule is CC(NC(=O)NCc1ccc(C2CC2)cc1)c1ccc2c(c1)NC(=O)CO2. The van der Waals surface area contributed by atoms with E-state index in [2.05, 4.69) is 40.2 Å². The van der Waals surface area contributed by atoms with E-state index in [1.54, 1.807) is 0 Å². The van der Waals surface area contributed by atoms with Crippen molar-refractivity contribution >= 4 is 17.6 Å². The van der Waals surface area contributed by atoms with Gasteiger partial charge < -0.3 is 20.7 Å². The predicted molar refractivity (Wildman–Crippen MR) is 103 cm³/mol. The number of rotatable bonds is 5. The summed E-state index contributed by atoms with van der Waals surface area (Å²) in [4.78, 5) is 23.7. The Labute approximate surface area is 158 Å². The van der Waals surface area contributed by atoms with Gasteiger partial charge in [-0.2, -0.15) is 0 Å². The third-order valence-corrected chi connectivity index (χ3v) is 4.97. The highest BCUT2D eigenvalue weighted by Gasteiger charge is 2.23. The van der Waals surface area contributed by atoms with Gasteiger partial charge in [0.2, 0.25) is 0 Å². The molecule has 1 aliphatic carbocycles. The van der Waals surface area contributed by atoms with E-state index in [-0.39, 0.29) is 24.6 Å². The zero-order valence-electron chi connectivity index (χ0n) is 15.2. The maximum Gasteiger partial charge on any atom is 0.315 e. The van der Waals surface area contributed by atoms with E-state index in [0.29, 0.717) is 18.0 Å². The largest absolute Gasteiger partial charge is 0.482 e.